The molecule has 0 atom stereocenters. The van der Waals surface area contributed by atoms with Gasteiger partial charge < -0.3 is 24.3 Å². The fourth-order valence-corrected chi connectivity index (χ4v) is 4.09. The van der Waals surface area contributed by atoms with Crippen molar-refractivity contribution in [3.05, 3.63) is 54.0 Å². The van der Waals surface area contributed by atoms with Gasteiger partial charge in [0.1, 0.15) is 12.4 Å². The van der Waals surface area contributed by atoms with Crippen LogP contribution >= 0.6 is 0 Å². The van der Waals surface area contributed by atoms with E-state index in [1.54, 1.807) is 6.26 Å². The van der Waals surface area contributed by atoms with Crippen molar-refractivity contribution in [2.24, 2.45) is 5.92 Å². The highest BCUT2D eigenvalue weighted by Gasteiger charge is 2.30. The molecule has 0 radical (unpaired) electrons. The molecule has 7 heteroatoms. The number of furan rings is 1. The van der Waals surface area contributed by atoms with Crippen molar-refractivity contribution < 1.29 is 18.7 Å². The second-order valence-corrected chi connectivity index (χ2v) is 8.00. The Bertz CT molecular complexity index is 838. The van der Waals surface area contributed by atoms with E-state index in [4.69, 9.17) is 9.15 Å². The molecule has 1 aromatic heterocycles. The van der Waals surface area contributed by atoms with Crippen LogP contribution in [0.15, 0.2) is 47.1 Å². The number of carbonyl (C=O) groups excluding carboxylic acids is 2. The maximum atomic E-state index is 12.7. The van der Waals surface area contributed by atoms with Crippen LogP contribution in [0.5, 0.6) is 0 Å². The van der Waals surface area contributed by atoms with Crippen LogP contribution in [0.25, 0.3) is 0 Å². The summed E-state index contributed by atoms with van der Waals surface area (Å²) in [7, 11) is 0. The van der Waals surface area contributed by atoms with Crippen molar-refractivity contribution in [2.75, 3.05) is 31.5 Å². The molecule has 2 aliphatic heterocycles. The Balaban J connectivity index is 1.23. The Morgan fingerprint density at radius 1 is 1.00 bits per heavy atom. The largest absolute Gasteiger partial charge is 0.467 e. The molecule has 3 amide bonds. The Kier molecular flexibility index (Phi) is 6.69. The van der Waals surface area contributed by atoms with Gasteiger partial charge in [0.2, 0.25) is 5.91 Å². The monoisotopic (exact) mass is 411 g/mol. The molecule has 2 aliphatic rings. The Labute approximate surface area is 177 Å². The number of anilines is 1. The van der Waals surface area contributed by atoms with Gasteiger partial charge in [-0.2, -0.15) is 0 Å². The van der Waals surface area contributed by atoms with E-state index < -0.39 is 0 Å². The molecule has 2 fully saturated rings. The highest BCUT2D eigenvalue weighted by molar-refractivity contribution is 5.92. The summed E-state index contributed by atoms with van der Waals surface area (Å²) in [6, 6.07) is 11.6. The number of nitrogens with one attached hydrogen (secondary N) is 1. The van der Waals surface area contributed by atoms with Gasteiger partial charge >= 0.3 is 6.03 Å². The van der Waals surface area contributed by atoms with E-state index in [2.05, 4.69) is 5.32 Å². The zero-order valence-corrected chi connectivity index (χ0v) is 17.2. The number of ether oxygens (including phenoxy) is 1. The molecular weight excluding hydrogens is 382 g/mol. The molecule has 0 spiro atoms. The predicted molar refractivity (Wildman–Crippen MR) is 113 cm³/mol. The summed E-state index contributed by atoms with van der Waals surface area (Å²) in [5, 5.41) is 3.03. The minimum atomic E-state index is -0.0634. The van der Waals surface area contributed by atoms with Gasteiger partial charge in [-0.25, -0.2) is 4.79 Å². The maximum absolute atomic E-state index is 12.7. The fourth-order valence-electron chi connectivity index (χ4n) is 4.09. The Hall–Kier alpha value is -2.80. The average molecular weight is 412 g/mol. The predicted octanol–water partition coefficient (Wildman–Crippen LogP) is 3.86. The lowest BCUT2D eigenvalue weighted by Gasteiger charge is -2.34. The number of hydrogen-bond donors (Lipinski definition) is 1. The molecule has 0 bridgehead atoms. The number of rotatable bonds is 6. The van der Waals surface area contributed by atoms with Crippen LogP contribution < -0.4 is 5.32 Å². The minimum absolute atomic E-state index is 0.0249. The molecule has 30 heavy (non-hydrogen) atoms. The van der Waals surface area contributed by atoms with Crippen LogP contribution in [0.4, 0.5) is 10.5 Å². The number of likely N-dealkylation sites (tertiary alicyclic amines) is 2. The zero-order valence-electron chi connectivity index (χ0n) is 17.2. The van der Waals surface area contributed by atoms with Gasteiger partial charge in [0.15, 0.2) is 0 Å². The van der Waals surface area contributed by atoms with E-state index in [1.807, 2.05) is 46.2 Å². The third-order valence-electron chi connectivity index (χ3n) is 5.80. The Morgan fingerprint density at radius 2 is 1.77 bits per heavy atom. The number of amides is 3. The average Bonchev–Trinajstić information content (AvgIpc) is 3.48. The summed E-state index contributed by atoms with van der Waals surface area (Å²) in [6.45, 7) is 3.88. The quantitative estimate of drug-likeness (QED) is 0.783. The fraction of sp³-hybridized carbons (Fsp3) is 0.478. The molecule has 0 aliphatic carbocycles. The first-order valence-electron chi connectivity index (χ1n) is 10.7. The van der Waals surface area contributed by atoms with Gasteiger partial charge in [0.25, 0.3) is 0 Å². The van der Waals surface area contributed by atoms with Crippen LogP contribution in [0.1, 0.15) is 37.0 Å². The number of nitrogens with zero attached hydrogens (tertiary/aromatic N) is 2. The van der Waals surface area contributed by atoms with E-state index >= 15 is 0 Å². The zero-order chi connectivity index (χ0) is 20.8. The molecule has 1 aromatic carbocycles. The van der Waals surface area contributed by atoms with Crippen LogP contribution in [0.3, 0.4) is 0 Å². The topological polar surface area (TPSA) is 75.0 Å². The van der Waals surface area contributed by atoms with E-state index in [0.717, 1.165) is 42.9 Å². The van der Waals surface area contributed by atoms with Gasteiger partial charge in [-0.3, -0.25) is 4.79 Å². The summed E-state index contributed by atoms with van der Waals surface area (Å²) in [5.41, 5.74) is 1.76. The molecule has 160 valence electrons. The maximum Gasteiger partial charge on any atom is 0.319 e. The highest BCUT2D eigenvalue weighted by Crippen LogP contribution is 2.22. The molecule has 0 unspecified atom stereocenters. The van der Waals surface area contributed by atoms with Gasteiger partial charge in [-0.1, -0.05) is 12.1 Å². The first-order valence-corrected chi connectivity index (χ1v) is 10.7. The molecule has 3 heterocycles. The third kappa shape index (κ3) is 5.21. The summed E-state index contributed by atoms with van der Waals surface area (Å²) in [6.07, 6.45) is 5.23. The summed E-state index contributed by atoms with van der Waals surface area (Å²) >= 11 is 0. The highest BCUT2D eigenvalue weighted by atomic mass is 16.5. The number of benzene rings is 1. The van der Waals surface area contributed by atoms with Gasteiger partial charge in [-0.15, -0.1) is 0 Å². The Morgan fingerprint density at radius 3 is 2.50 bits per heavy atom. The van der Waals surface area contributed by atoms with Gasteiger partial charge in [0.05, 0.1) is 12.9 Å². The number of carbonyl (C=O) groups is 2. The van der Waals surface area contributed by atoms with Crippen molar-refractivity contribution in [3.8, 4) is 0 Å². The first-order chi connectivity index (χ1) is 14.7. The molecule has 7 nitrogen and oxygen atoms in total. The smallest absolute Gasteiger partial charge is 0.319 e. The molecule has 2 saturated heterocycles. The number of urea groups is 1. The van der Waals surface area contributed by atoms with Crippen LogP contribution in [0.2, 0.25) is 0 Å². The number of piperidine rings is 1. The SMILES string of the molecule is O=C(Nc1cccc(COCc2ccco2)c1)C1CCN(C(=O)N2CCCC2)CC1. The van der Waals surface area contributed by atoms with Crippen molar-refractivity contribution in [3.63, 3.8) is 0 Å². The van der Waals surface area contributed by atoms with E-state index in [-0.39, 0.29) is 17.9 Å². The summed E-state index contributed by atoms with van der Waals surface area (Å²) in [5.74, 6) is 0.748. The normalized spacial score (nSPS) is 17.3. The van der Waals surface area contributed by atoms with Crippen molar-refractivity contribution >= 4 is 17.6 Å². The van der Waals surface area contributed by atoms with Crippen molar-refractivity contribution in [1.82, 2.24) is 9.80 Å². The molecule has 1 N–H and O–H groups in total. The first kappa shape index (κ1) is 20.5. The minimum Gasteiger partial charge on any atom is -0.467 e. The molecule has 0 saturated carbocycles. The van der Waals surface area contributed by atoms with Crippen LogP contribution in [-0.4, -0.2) is 47.9 Å². The van der Waals surface area contributed by atoms with E-state index in [1.165, 1.54) is 0 Å². The second kappa shape index (κ2) is 9.80. The van der Waals surface area contributed by atoms with E-state index in [9.17, 15) is 9.59 Å². The van der Waals surface area contributed by atoms with Crippen molar-refractivity contribution in [2.45, 2.75) is 38.9 Å². The summed E-state index contributed by atoms with van der Waals surface area (Å²) in [4.78, 5) is 29.0. The standard InChI is InChI=1S/C23H29N3O4/c27-22(19-8-12-26(13-9-19)23(28)25-10-1-2-11-25)24-20-6-3-5-18(15-20)16-29-17-21-7-4-14-30-21/h3-7,14-15,19H,1-2,8-13,16-17H2,(H,24,27). The molecular formula is C23H29N3O4. The van der Waals surface area contributed by atoms with E-state index in [0.29, 0.717) is 39.1 Å². The lowest BCUT2D eigenvalue weighted by atomic mass is 9.96. The molecule has 2 aromatic rings. The summed E-state index contributed by atoms with van der Waals surface area (Å²) < 4.78 is 10.9. The van der Waals surface area contributed by atoms with Crippen LogP contribution in [-0.2, 0) is 22.7 Å². The van der Waals surface area contributed by atoms with Crippen molar-refractivity contribution in [1.29, 1.82) is 0 Å². The van der Waals surface area contributed by atoms with Crippen LogP contribution in [0, 0.1) is 5.92 Å². The van der Waals surface area contributed by atoms with Gasteiger partial charge in [-0.05, 0) is 55.5 Å². The number of hydrogen-bond acceptors (Lipinski definition) is 4. The van der Waals surface area contributed by atoms with Gasteiger partial charge in [0, 0.05) is 37.8 Å². The second-order valence-electron chi connectivity index (χ2n) is 8.00. The lowest BCUT2D eigenvalue weighted by molar-refractivity contribution is -0.121. The third-order valence-corrected chi connectivity index (χ3v) is 5.80. The lowest BCUT2D eigenvalue weighted by Crippen LogP contribution is -2.47. The molecule has 4 rings (SSSR count).